The Bertz CT molecular complexity index is 470. The van der Waals surface area contributed by atoms with Crippen molar-refractivity contribution in [3.63, 3.8) is 0 Å². The van der Waals surface area contributed by atoms with Gasteiger partial charge in [-0.1, -0.05) is 19.9 Å². The zero-order valence-electron chi connectivity index (χ0n) is 11.6. The third-order valence-electron chi connectivity index (χ3n) is 3.96. The number of hydrogen-bond acceptors (Lipinski definition) is 3. The number of benzene rings is 1. The lowest BCUT2D eigenvalue weighted by molar-refractivity contribution is -0.111. The highest BCUT2D eigenvalue weighted by Crippen LogP contribution is 2.42. The second-order valence-electron chi connectivity index (χ2n) is 5.58. The number of phenolic OH excluding ortho intramolecular Hbond substituents is 1. The molecule has 2 unspecified atom stereocenters. The van der Waals surface area contributed by atoms with Gasteiger partial charge in [-0.05, 0) is 31.5 Å². The Balaban J connectivity index is 1.98. The Labute approximate surface area is 113 Å². The first-order chi connectivity index (χ1) is 8.95. The van der Waals surface area contributed by atoms with Crippen molar-refractivity contribution >= 4 is 5.91 Å². The van der Waals surface area contributed by atoms with Gasteiger partial charge in [-0.2, -0.15) is 0 Å². The second kappa shape index (κ2) is 5.21. The molecular formula is C15H21NO3. The minimum Gasteiger partial charge on any atom is -0.508 e. The van der Waals surface area contributed by atoms with Crippen molar-refractivity contribution in [3.8, 4) is 5.75 Å². The largest absolute Gasteiger partial charge is 0.508 e. The van der Waals surface area contributed by atoms with Gasteiger partial charge in [0.1, 0.15) is 5.75 Å². The lowest BCUT2D eigenvalue weighted by Gasteiger charge is -2.51. The molecule has 4 heteroatoms. The number of rotatable bonds is 4. The molecule has 0 radical (unpaired) electrons. The van der Waals surface area contributed by atoms with Crippen LogP contribution < -0.4 is 5.32 Å². The first-order valence-corrected chi connectivity index (χ1v) is 6.66. The monoisotopic (exact) mass is 263 g/mol. The van der Waals surface area contributed by atoms with E-state index in [-0.39, 0.29) is 29.2 Å². The van der Waals surface area contributed by atoms with Gasteiger partial charge in [0.2, 0.25) is 0 Å². The number of nitrogens with one attached hydrogen (secondary N) is 1. The van der Waals surface area contributed by atoms with E-state index in [9.17, 15) is 9.90 Å². The number of amides is 1. The van der Waals surface area contributed by atoms with E-state index in [2.05, 4.69) is 19.2 Å². The minimum absolute atomic E-state index is 0.0531. The molecule has 104 valence electrons. The molecule has 1 aromatic carbocycles. The maximum Gasteiger partial charge on any atom is 0.251 e. The lowest BCUT2D eigenvalue weighted by Crippen LogP contribution is -2.62. The van der Waals surface area contributed by atoms with E-state index in [0.717, 1.165) is 6.42 Å². The standard InChI is InChI=1S/C15H21NO3/c1-4-19-13-9-12(15(13,2)3)16-14(18)10-6-5-7-11(17)8-10/h5-8,12-13,17H,4,9H2,1-3H3,(H,16,18). The molecule has 1 aliphatic rings. The predicted octanol–water partition coefficient (Wildman–Crippen LogP) is 2.33. The summed E-state index contributed by atoms with van der Waals surface area (Å²) in [6, 6.07) is 6.50. The molecule has 1 saturated carbocycles. The second-order valence-corrected chi connectivity index (χ2v) is 5.58. The Morgan fingerprint density at radius 1 is 1.53 bits per heavy atom. The quantitative estimate of drug-likeness (QED) is 0.876. The summed E-state index contributed by atoms with van der Waals surface area (Å²) < 4.78 is 5.64. The third kappa shape index (κ3) is 2.73. The topological polar surface area (TPSA) is 58.6 Å². The van der Waals surface area contributed by atoms with Crippen LogP contribution in [0, 0.1) is 5.41 Å². The summed E-state index contributed by atoms with van der Waals surface area (Å²) in [6.45, 7) is 6.88. The molecule has 0 saturated heterocycles. The van der Waals surface area contributed by atoms with Crippen LogP contribution in [0.15, 0.2) is 24.3 Å². The molecule has 0 spiro atoms. The number of ether oxygens (including phenoxy) is 1. The minimum atomic E-state index is -0.149. The molecule has 0 bridgehead atoms. The van der Waals surface area contributed by atoms with Crippen molar-refractivity contribution in [2.24, 2.45) is 5.41 Å². The smallest absolute Gasteiger partial charge is 0.251 e. The van der Waals surface area contributed by atoms with Crippen molar-refractivity contribution in [1.82, 2.24) is 5.32 Å². The van der Waals surface area contributed by atoms with E-state index < -0.39 is 0 Å². The molecule has 0 heterocycles. The molecule has 2 N–H and O–H groups in total. The third-order valence-corrected chi connectivity index (χ3v) is 3.96. The van der Waals surface area contributed by atoms with Gasteiger partial charge >= 0.3 is 0 Å². The average Bonchev–Trinajstić information content (AvgIpc) is 2.37. The normalized spacial score (nSPS) is 24.6. The number of carbonyl (C=O) groups is 1. The molecule has 1 amide bonds. The zero-order chi connectivity index (χ0) is 14.0. The van der Waals surface area contributed by atoms with Gasteiger partial charge in [0, 0.05) is 23.6 Å². The Morgan fingerprint density at radius 2 is 2.26 bits per heavy atom. The molecule has 4 nitrogen and oxygen atoms in total. The summed E-state index contributed by atoms with van der Waals surface area (Å²) in [5, 5.41) is 12.4. The van der Waals surface area contributed by atoms with Crippen molar-refractivity contribution in [3.05, 3.63) is 29.8 Å². The van der Waals surface area contributed by atoms with Crippen LogP contribution in [0.1, 0.15) is 37.6 Å². The maximum absolute atomic E-state index is 12.1. The number of carbonyl (C=O) groups excluding carboxylic acids is 1. The molecule has 1 fully saturated rings. The van der Waals surface area contributed by atoms with E-state index in [1.54, 1.807) is 18.2 Å². The van der Waals surface area contributed by atoms with Crippen LogP contribution in [0.2, 0.25) is 0 Å². The fourth-order valence-corrected chi connectivity index (χ4v) is 2.50. The average molecular weight is 263 g/mol. The lowest BCUT2D eigenvalue weighted by atomic mass is 9.64. The highest BCUT2D eigenvalue weighted by Gasteiger charge is 2.49. The van der Waals surface area contributed by atoms with Crippen molar-refractivity contribution in [2.75, 3.05) is 6.61 Å². The SMILES string of the molecule is CCOC1CC(NC(=O)c2cccc(O)c2)C1(C)C. The summed E-state index contributed by atoms with van der Waals surface area (Å²) in [4.78, 5) is 12.1. The first-order valence-electron chi connectivity index (χ1n) is 6.66. The van der Waals surface area contributed by atoms with E-state index in [4.69, 9.17) is 4.74 Å². The van der Waals surface area contributed by atoms with Gasteiger partial charge in [0.15, 0.2) is 0 Å². The van der Waals surface area contributed by atoms with Crippen LogP contribution in [0.3, 0.4) is 0 Å². The van der Waals surface area contributed by atoms with Crippen molar-refractivity contribution in [1.29, 1.82) is 0 Å². The fourth-order valence-electron chi connectivity index (χ4n) is 2.50. The molecule has 2 atom stereocenters. The van der Waals surface area contributed by atoms with E-state index in [1.165, 1.54) is 6.07 Å². The molecule has 0 aliphatic heterocycles. The van der Waals surface area contributed by atoms with Gasteiger partial charge in [0.25, 0.3) is 5.91 Å². The number of phenols is 1. The summed E-state index contributed by atoms with van der Waals surface area (Å²) in [5.41, 5.74) is 0.429. The highest BCUT2D eigenvalue weighted by molar-refractivity contribution is 5.94. The Kier molecular flexibility index (Phi) is 3.80. The predicted molar refractivity (Wildman–Crippen MR) is 73.2 cm³/mol. The molecule has 0 aromatic heterocycles. The van der Waals surface area contributed by atoms with Gasteiger partial charge in [-0.25, -0.2) is 0 Å². The van der Waals surface area contributed by atoms with Gasteiger partial charge in [0.05, 0.1) is 6.10 Å². The van der Waals surface area contributed by atoms with E-state index in [0.29, 0.717) is 12.2 Å². The summed E-state index contributed by atoms with van der Waals surface area (Å²) in [5.74, 6) is -0.0448. The maximum atomic E-state index is 12.1. The Hall–Kier alpha value is -1.55. The van der Waals surface area contributed by atoms with Crippen LogP contribution in [0.5, 0.6) is 5.75 Å². The van der Waals surface area contributed by atoms with E-state index in [1.807, 2.05) is 6.92 Å². The van der Waals surface area contributed by atoms with Gasteiger partial charge in [-0.3, -0.25) is 4.79 Å². The number of aromatic hydroxyl groups is 1. The Morgan fingerprint density at radius 3 is 2.84 bits per heavy atom. The summed E-state index contributed by atoms with van der Waals surface area (Å²) in [6.07, 6.45) is 1.04. The van der Waals surface area contributed by atoms with Crippen LogP contribution in [-0.2, 0) is 4.74 Å². The van der Waals surface area contributed by atoms with Crippen molar-refractivity contribution < 1.29 is 14.6 Å². The van der Waals surface area contributed by atoms with Crippen LogP contribution in [0.25, 0.3) is 0 Å². The first kappa shape index (κ1) is 13.9. The van der Waals surface area contributed by atoms with Crippen LogP contribution in [-0.4, -0.2) is 29.8 Å². The number of hydrogen-bond donors (Lipinski definition) is 2. The fraction of sp³-hybridized carbons (Fsp3) is 0.533. The highest BCUT2D eigenvalue weighted by atomic mass is 16.5. The molecule has 1 aromatic rings. The summed E-state index contributed by atoms with van der Waals surface area (Å²) >= 11 is 0. The molecule has 19 heavy (non-hydrogen) atoms. The van der Waals surface area contributed by atoms with Crippen LogP contribution in [0.4, 0.5) is 0 Å². The molecular weight excluding hydrogens is 242 g/mol. The molecule has 2 rings (SSSR count). The molecule has 1 aliphatic carbocycles. The van der Waals surface area contributed by atoms with E-state index >= 15 is 0 Å². The van der Waals surface area contributed by atoms with Crippen LogP contribution >= 0.6 is 0 Å². The van der Waals surface area contributed by atoms with Gasteiger partial charge < -0.3 is 15.2 Å². The van der Waals surface area contributed by atoms with Gasteiger partial charge in [-0.15, -0.1) is 0 Å². The van der Waals surface area contributed by atoms with Crippen molar-refractivity contribution in [2.45, 2.75) is 39.3 Å². The zero-order valence-corrected chi connectivity index (χ0v) is 11.6. The summed E-state index contributed by atoms with van der Waals surface area (Å²) in [7, 11) is 0.